The van der Waals surface area contributed by atoms with Crippen molar-refractivity contribution in [3.05, 3.63) is 56.6 Å². The molecule has 7 nitrogen and oxygen atoms in total. The first kappa shape index (κ1) is 23.3. The summed E-state index contributed by atoms with van der Waals surface area (Å²) >= 11 is 3.31. The summed E-state index contributed by atoms with van der Waals surface area (Å²) in [6.07, 6.45) is 0. The van der Waals surface area contributed by atoms with Crippen molar-refractivity contribution in [3.8, 4) is 6.07 Å². The second-order valence-electron chi connectivity index (χ2n) is 6.00. The molecule has 0 aliphatic carbocycles. The Bertz CT molecular complexity index is 1140. The van der Waals surface area contributed by atoms with E-state index in [1.165, 1.54) is 12.1 Å². The molecule has 10 heteroatoms. The largest absolute Gasteiger partial charge is 0.238 e. The number of nitrogens with zero attached hydrogens (tertiary/aromatic N) is 1. The highest BCUT2D eigenvalue weighted by Gasteiger charge is 2.14. The molecular formula is C17H20BrN3O4S2. The summed E-state index contributed by atoms with van der Waals surface area (Å²) in [5.74, 6) is 0. The van der Waals surface area contributed by atoms with Gasteiger partial charge in [-0.1, -0.05) is 15.9 Å². The molecular weight excluding hydrogens is 454 g/mol. The van der Waals surface area contributed by atoms with Gasteiger partial charge in [-0.3, -0.25) is 0 Å². The molecule has 2 rings (SSSR count). The zero-order valence-electron chi connectivity index (χ0n) is 15.2. The summed E-state index contributed by atoms with van der Waals surface area (Å²) in [5, 5.41) is 18.7. The molecule has 0 atom stereocenters. The molecule has 0 heterocycles. The minimum Gasteiger partial charge on any atom is -0.225 e. The number of hydrogen-bond acceptors (Lipinski definition) is 5. The average molecular weight is 474 g/mol. The van der Waals surface area contributed by atoms with Gasteiger partial charge < -0.3 is 0 Å². The maximum atomic E-state index is 11.1. The Labute approximate surface area is 168 Å². The van der Waals surface area contributed by atoms with E-state index in [9.17, 15) is 16.8 Å². The summed E-state index contributed by atoms with van der Waals surface area (Å²) in [5.41, 5.74) is 3.08. The molecule has 0 aliphatic rings. The van der Waals surface area contributed by atoms with Gasteiger partial charge in [0.15, 0.2) is 0 Å². The van der Waals surface area contributed by atoms with E-state index < -0.39 is 20.0 Å². The molecule has 0 saturated carbocycles. The van der Waals surface area contributed by atoms with Crippen LogP contribution in [0.4, 0.5) is 0 Å². The lowest BCUT2D eigenvalue weighted by molar-refractivity contribution is 0.595. The topological polar surface area (TPSA) is 144 Å². The highest BCUT2D eigenvalue weighted by Crippen LogP contribution is 2.23. The van der Waals surface area contributed by atoms with Gasteiger partial charge in [0, 0.05) is 4.47 Å². The third kappa shape index (κ3) is 6.12. The summed E-state index contributed by atoms with van der Waals surface area (Å²) < 4.78 is 45.2. The predicted molar refractivity (Wildman–Crippen MR) is 107 cm³/mol. The molecule has 0 saturated heterocycles. The van der Waals surface area contributed by atoms with E-state index >= 15 is 0 Å². The zero-order chi connectivity index (χ0) is 21.2. The minimum atomic E-state index is -3.69. The molecule has 0 aliphatic heterocycles. The molecule has 0 radical (unpaired) electrons. The Balaban J connectivity index is 0.000000271. The van der Waals surface area contributed by atoms with E-state index in [2.05, 4.69) is 15.9 Å². The fourth-order valence-electron chi connectivity index (χ4n) is 2.28. The Morgan fingerprint density at radius 3 is 1.59 bits per heavy atom. The Kier molecular flexibility index (Phi) is 7.32. The number of aryl methyl sites for hydroxylation is 4. The number of hydrogen-bond donors (Lipinski definition) is 2. The van der Waals surface area contributed by atoms with Crippen molar-refractivity contribution >= 4 is 36.0 Å². The van der Waals surface area contributed by atoms with Crippen LogP contribution in [0.15, 0.2) is 38.5 Å². The molecule has 2 aromatic rings. The SMILES string of the molecule is Cc1cc(S(N)(=O)=O)c(C)cc1Br.Cc1cc(S(N)(=O)=O)c(C)cc1C#N. The van der Waals surface area contributed by atoms with E-state index in [4.69, 9.17) is 15.5 Å². The summed E-state index contributed by atoms with van der Waals surface area (Å²) in [6.45, 7) is 6.81. The van der Waals surface area contributed by atoms with Crippen LogP contribution in [-0.4, -0.2) is 16.8 Å². The highest BCUT2D eigenvalue weighted by atomic mass is 79.9. The van der Waals surface area contributed by atoms with Gasteiger partial charge in [-0.25, -0.2) is 27.1 Å². The van der Waals surface area contributed by atoms with Crippen LogP contribution < -0.4 is 10.3 Å². The van der Waals surface area contributed by atoms with Crippen LogP contribution in [0.5, 0.6) is 0 Å². The first-order chi connectivity index (χ1) is 12.2. The lowest BCUT2D eigenvalue weighted by Gasteiger charge is -2.06. The Morgan fingerprint density at radius 1 is 0.778 bits per heavy atom. The summed E-state index contributed by atoms with van der Waals surface area (Å²) in [6, 6.07) is 8.23. The van der Waals surface area contributed by atoms with Gasteiger partial charge >= 0.3 is 0 Å². The van der Waals surface area contributed by atoms with Gasteiger partial charge in [-0.2, -0.15) is 5.26 Å². The molecule has 27 heavy (non-hydrogen) atoms. The van der Waals surface area contributed by atoms with Crippen molar-refractivity contribution in [2.24, 2.45) is 10.3 Å². The van der Waals surface area contributed by atoms with Gasteiger partial charge in [-0.05, 0) is 74.2 Å². The summed E-state index contributed by atoms with van der Waals surface area (Å²) in [7, 11) is -7.28. The van der Waals surface area contributed by atoms with Crippen LogP contribution in [0.3, 0.4) is 0 Å². The van der Waals surface area contributed by atoms with E-state index in [0.29, 0.717) is 22.3 Å². The summed E-state index contributed by atoms with van der Waals surface area (Å²) in [4.78, 5) is 0.266. The van der Waals surface area contributed by atoms with Crippen molar-refractivity contribution in [2.45, 2.75) is 37.5 Å². The van der Waals surface area contributed by atoms with Crippen molar-refractivity contribution in [3.63, 3.8) is 0 Å². The lowest BCUT2D eigenvalue weighted by atomic mass is 10.1. The minimum absolute atomic E-state index is 0.0778. The molecule has 0 bridgehead atoms. The van der Waals surface area contributed by atoms with Crippen LogP contribution in [0.2, 0.25) is 0 Å². The van der Waals surface area contributed by atoms with E-state index in [-0.39, 0.29) is 9.79 Å². The fraction of sp³-hybridized carbons (Fsp3) is 0.235. The lowest BCUT2D eigenvalue weighted by Crippen LogP contribution is -2.14. The normalized spacial score (nSPS) is 11.3. The van der Waals surface area contributed by atoms with Crippen LogP contribution in [-0.2, 0) is 20.0 Å². The Morgan fingerprint density at radius 2 is 1.19 bits per heavy atom. The second kappa shape index (κ2) is 8.50. The second-order valence-corrected chi connectivity index (χ2v) is 9.92. The van der Waals surface area contributed by atoms with Crippen LogP contribution in [0.1, 0.15) is 27.8 Å². The zero-order valence-corrected chi connectivity index (χ0v) is 18.5. The molecule has 0 fully saturated rings. The maximum Gasteiger partial charge on any atom is 0.238 e. The van der Waals surface area contributed by atoms with Crippen LogP contribution in [0, 0.1) is 39.0 Å². The Hall–Kier alpha value is -1.77. The molecule has 146 valence electrons. The van der Waals surface area contributed by atoms with Crippen molar-refractivity contribution in [1.29, 1.82) is 5.26 Å². The molecule has 2 aromatic carbocycles. The average Bonchev–Trinajstić information content (AvgIpc) is 2.51. The quantitative estimate of drug-likeness (QED) is 0.687. The fourth-order valence-corrected chi connectivity index (χ4v) is 4.43. The van der Waals surface area contributed by atoms with Crippen LogP contribution in [0.25, 0.3) is 0 Å². The molecule has 0 aromatic heterocycles. The van der Waals surface area contributed by atoms with Crippen molar-refractivity contribution in [1.82, 2.24) is 0 Å². The monoisotopic (exact) mass is 473 g/mol. The van der Waals surface area contributed by atoms with Crippen molar-refractivity contribution < 1.29 is 16.8 Å². The van der Waals surface area contributed by atoms with Crippen LogP contribution >= 0.6 is 15.9 Å². The number of primary sulfonamides is 2. The maximum absolute atomic E-state index is 11.1. The smallest absolute Gasteiger partial charge is 0.225 e. The molecule has 0 unspecified atom stereocenters. The number of halogens is 1. The number of rotatable bonds is 2. The number of sulfonamides is 2. The first-order valence-corrected chi connectivity index (χ1v) is 11.4. The van der Waals surface area contributed by atoms with E-state index in [1.54, 1.807) is 32.9 Å². The van der Waals surface area contributed by atoms with E-state index in [0.717, 1.165) is 10.0 Å². The highest BCUT2D eigenvalue weighted by molar-refractivity contribution is 9.10. The number of benzene rings is 2. The molecule has 0 spiro atoms. The van der Waals surface area contributed by atoms with Gasteiger partial charge in [0.05, 0.1) is 21.4 Å². The predicted octanol–water partition coefficient (Wildman–Crippen LogP) is 2.54. The molecule has 0 amide bonds. The number of nitrogens with two attached hydrogens (primary N) is 2. The van der Waals surface area contributed by atoms with Crippen molar-refractivity contribution in [2.75, 3.05) is 0 Å². The molecule has 4 N–H and O–H groups in total. The van der Waals surface area contributed by atoms with E-state index in [1.807, 2.05) is 13.0 Å². The van der Waals surface area contributed by atoms with Gasteiger partial charge in [0.25, 0.3) is 0 Å². The number of nitriles is 1. The standard InChI is InChI=1S/C9H10N2O2S.C8H10BrNO2S/c1-6-4-9(14(11,12)13)7(2)3-8(6)5-10;1-5-4-8(13(10,11)12)6(2)3-7(5)9/h3-4H,1-2H3,(H2,11,12,13);3-4H,1-2H3,(H2,10,11,12). The van der Waals surface area contributed by atoms with Gasteiger partial charge in [0.2, 0.25) is 20.0 Å². The van der Waals surface area contributed by atoms with Gasteiger partial charge in [0.1, 0.15) is 0 Å². The van der Waals surface area contributed by atoms with Gasteiger partial charge in [-0.15, -0.1) is 0 Å². The third-order valence-electron chi connectivity index (χ3n) is 3.71. The first-order valence-electron chi connectivity index (χ1n) is 7.52. The third-order valence-corrected chi connectivity index (χ3v) is 6.67.